The molecule has 0 aromatic heterocycles. The van der Waals surface area contributed by atoms with Gasteiger partial charge in [-0.2, -0.15) is 0 Å². The molecule has 0 aliphatic carbocycles. The summed E-state index contributed by atoms with van der Waals surface area (Å²) in [5, 5.41) is 3.62. The molecule has 0 bridgehead atoms. The van der Waals surface area contributed by atoms with Crippen LogP contribution in [0.4, 0.5) is 5.69 Å². The highest BCUT2D eigenvalue weighted by Crippen LogP contribution is 2.30. The first kappa shape index (κ1) is 14.7. The zero-order valence-electron chi connectivity index (χ0n) is 12.3. The van der Waals surface area contributed by atoms with E-state index in [1.54, 1.807) is 6.07 Å². The van der Waals surface area contributed by atoms with E-state index in [-0.39, 0.29) is 11.3 Å². The number of anilines is 1. The van der Waals surface area contributed by atoms with Gasteiger partial charge in [0.2, 0.25) is 0 Å². The van der Waals surface area contributed by atoms with Gasteiger partial charge < -0.3 is 15.0 Å². The van der Waals surface area contributed by atoms with Crippen molar-refractivity contribution in [2.24, 2.45) is 5.41 Å². The van der Waals surface area contributed by atoms with Crippen molar-refractivity contribution in [2.75, 3.05) is 37.7 Å². The number of benzene rings is 1. The number of halogens is 1. The number of hydrogen-bond acceptors (Lipinski definition) is 3. The van der Waals surface area contributed by atoms with Crippen LogP contribution in [-0.2, 0) is 4.74 Å². The highest BCUT2D eigenvalue weighted by molar-refractivity contribution is 6.33. The molecule has 2 aliphatic rings. The minimum absolute atomic E-state index is 0.0713. The fourth-order valence-corrected chi connectivity index (χ4v) is 3.11. The number of nitrogens with zero attached hydrogens (tertiary/aromatic N) is 1. The lowest BCUT2D eigenvalue weighted by molar-refractivity contribution is -0.0978. The molecule has 1 aromatic carbocycles. The predicted molar refractivity (Wildman–Crippen MR) is 84.2 cm³/mol. The molecule has 5 heteroatoms. The maximum atomic E-state index is 12.2. The van der Waals surface area contributed by atoms with Crippen molar-refractivity contribution in [1.82, 2.24) is 5.32 Å². The van der Waals surface area contributed by atoms with Gasteiger partial charge in [-0.1, -0.05) is 18.5 Å². The Morgan fingerprint density at radius 2 is 2.10 bits per heavy atom. The summed E-state index contributed by atoms with van der Waals surface area (Å²) >= 11 is 6.34. The van der Waals surface area contributed by atoms with Crippen molar-refractivity contribution in [3.63, 3.8) is 0 Å². The van der Waals surface area contributed by atoms with E-state index in [2.05, 4.69) is 17.1 Å². The first-order valence-electron chi connectivity index (χ1n) is 7.48. The Hall–Kier alpha value is -1.26. The molecule has 0 unspecified atom stereocenters. The van der Waals surface area contributed by atoms with Crippen molar-refractivity contribution < 1.29 is 9.53 Å². The number of hydrogen-bond donors (Lipinski definition) is 1. The Labute approximate surface area is 130 Å². The highest BCUT2D eigenvalue weighted by atomic mass is 35.5. The van der Waals surface area contributed by atoms with Crippen molar-refractivity contribution >= 4 is 23.2 Å². The maximum Gasteiger partial charge on any atom is 0.251 e. The fourth-order valence-electron chi connectivity index (χ4n) is 2.81. The second-order valence-corrected chi connectivity index (χ2v) is 6.75. The van der Waals surface area contributed by atoms with Crippen molar-refractivity contribution in [3.05, 3.63) is 28.8 Å². The van der Waals surface area contributed by atoms with Crippen molar-refractivity contribution in [1.29, 1.82) is 0 Å². The van der Waals surface area contributed by atoms with Gasteiger partial charge in [-0.05, 0) is 31.0 Å². The summed E-state index contributed by atoms with van der Waals surface area (Å²) in [5.41, 5.74) is 1.73. The zero-order valence-corrected chi connectivity index (χ0v) is 13.1. The molecule has 1 N–H and O–H groups in total. The summed E-state index contributed by atoms with van der Waals surface area (Å²) in [5.74, 6) is -0.0713. The van der Waals surface area contributed by atoms with Gasteiger partial charge in [-0.25, -0.2) is 0 Å². The lowest BCUT2D eigenvalue weighted by Gasteiger charge is -2.38. The van der Waals surface area contributed by atoms with Gasteiger partial charge in [0.1, 0.15) is 0 Å². The molecule has 0 radical (unpaired) electrons. The SMILES string of the molecule is CC1(CNC(=O)c2ccc(N3CCCC3)c(Cl)c2)COC1. The third-order valence-corrected chi connectivity index (χ3v) is 4.54. The maximum absolute atomic E-state index is 12.2. The third kappa shape index (κ3) is 3.16. The van der Waals surface area contributed by atoms with Crippen LogP contribution in [0.25, 0.3) is 0 Å². The van der Waals surface area contributed by atoms with Crippen LogP contribution >= 0.6 is 11.6 Å². The molecule has 2 fully saturated rings. The van der Waals surface area contributed by atoms with Gasteiger partial charge in [0.05, 0.1) is 23.9 Å². The summed E-state index contributed by atoms with van der Waals surface area (Å²) in [7, 11) is 0. The number of rotatable bonds is 4. The minimum atomic E-state index is -0.0713. The van der Waals surface area contributed by atoms with Gasteiger partial charge >= 0.3 is 0 Å². The Morgan fingerprint density at radius 1 is 1.38 bits per heavy atom. The Morgan fingerprint density at radius 3 is 2.67 bits per heavy atom. The van der Waals surface area contributed by atoms with E-state index in [9.17, 15) is 4.79 Å². The Kier molecular flexibility index (Phi) is 4.09. The topological polar surface area (TPSA) is 41.6 Å². The molecule has 0 spiro atoms. The molecular formula is C16H21ClN2O2. The molecule has 21 heavy (non-hydrogen) atoms. The number of ether oxygens (including phenoxy) is 1. The van der Waals surface area contributed by atoms with E-state index in [0.717, 1.165) is 18.8 Å². The second-order valence-electron chi connectivity index (χ2n) is 6.35. The molecule has 0 saturated carbocycles. The summed E-state index contributed by atoms with van der Waals surface area (Å²) in [4.78, 5) is 14.5. The molecule has 0 atom stereocenters. The van der Waals surface area contributed by atoms with Crippen LogP contribution in [0, 0.1) is 5.41 Å². The quantitative estimate of drug-likeness (QED) is 0.930. The standard InChI is InChI=1S/C16H21ClN2O2/c1-16(10-21-11-16)9-18-15(20)12-4-5-14(13(17)8-12)19-6-2-3-7-19/h4-5,8H,2-3,6-7,9-11H2,1H3,(H,18,20). The third-order valence-electron chi connectivity index (χ3n) is 4.23. The van der Waals surface area contributed by atoms with Crippen molar-refractivity contribution in [3.8, 4) is 0 Å². The normalized spacial score (nSPS) is 20.2. The molecule has 2 saturated heterocycles. The molecule has 3 rings (SSSR count). The van der Waals surface area contributed by atoms with Gasteiger partial charge in [-0.15, -0.1) is 0 Å². The molecule has 1 aromatic rings. The van der Waals surface area contributed by atoms with Gasteiger partial charge in [0.15, 0.2) is 0 Å². The van der Waals surface area contributed by atoms with Gasteiger partial charge in [-0.3, -0.25) is 4.79 Å². The van der Waals surface area contributed by atoms with Crippen LogP contribution in [0.1, 0.15) is 30.1 Å². The Bertz CT molecular complexity index is 537. The zero-order chi connectivity index (χ0) is 14.9. The first-order chi connectivity index (χ1) is 10.1. The second kappa shape index (κ2) is 5.85. The van der Waals surface area contributed by atoms with Gasteiger partial charge in [0.25, 0.3) is 5.91 Å². The minimum Gasteiger partial charge on any atom is -0.380 e. The largest absolute Gasteiger partial charge is 0.380 e. The molecule has 2 heterocycles. The molecular weight excluding hydrogens is 288 g/mol. The van der Waals surface area contributed by atoms with E-state index in [1.807, 2.05) is 12.1 Å². The monoisotopic (exact) mass is 308 g/mol. The van der Waals surface area contributed by atoms with E-state index in [0.29, 0.717) is 30.3 Å². The Balaban J connectivity index is 1.64. The first-order valence-corrected chi connectivity index (χ1v) is 7.86. The predicted octanol–water partition coefficient (Wildman–Crippen LogP) is 2.71. The van der Waals surface area contributed by atoms with Crippen LogP contribution in [0.3, 0.4) is 0 Å². The highest BCUT2D eigenvalue weighted by Gasteiger charge is 2.33. The van der Waals surface area contributed by atoms with E-state index in [4.69, 9.17) is 16.3 Å². The molecule has 2 aliphatic heterocycles. The van der Waals surface area contributed by atoms with Crippen molar-refractivity contribution in [2.45, 2.75) is 19.8 Å². The summed E-state index contributed by atoms with van der Waals surface area (Å²) in [6, 6.07) is 5.58. The summed E-state index contributed by atoms with van der Waals surface area (Å²) < 4.78 is 5.19. The molecule has 4 nitrogen and oxygen atoms in total. The molecule has 114 valence electrons. The number of amides is 1. The fraction of sp³-hybridized carbons (Fsp3) is 0.562. The van der Waals surface area contributed by atoms with E-state index >= 15 is 0 Å². The average Bonchev–Trinajstić information content (AvgIpc) is 2.96. The molecule has 1 amide bonds. The summed E-state index contributed by atoms with van der Waals surface area (Å²) in [6.07, 6.45) is 2.42. The van der Waals surface area contributed by atoms with Gasteiger partial charge in [0, 0.05) is 30.6 Å². The number of carbonyl (C=O) groups is 1. The summed E-state index contributed by atoms with van der Waals surface area (Å²) in [6.45, 7) is 6.26. The van der Waals surface area contributed by atoms with Crippen LogP contribution in [-0.4, -0.2) is 38.8 Å². The lowest BCUT2D eigenvalue weighted by Crippen LogP contribution is -2.48. The van der Waals surface area contributed by atoms with Crippen LogP contribution in [0.2, 0.25) is 5.02 Å². The van der Waals surface area contributed by atoms with E-state index in [1.165, 1.54) is 12.8 Å². The number of nitrogens with one attached hydrogen (secondary N) is 1. The van der Waals surface area contributed by atoms with Crippen LogP contribution in [0.5, 0.6) is 0 Å². The number of carbonyl (C=O) groups excluding carboxylic acids is 1. The van der Waals surface area contributed by atoms with Crippen LogP contribution in [0.15, 0.2) is 18.2 Å². The average molecular weight is 309 g/mol. The van der Waals surface area contributed by atoms with Crippen LogP contribution < -0.4 is 10.2 Å². The smallest absolute Gasteiger partial charge is 0.251 e. The van der Waals surface area contributed by atoms with E-state index < -0.39 is 0 Å². The lowest BCUT2D eigenvalue weighted by atomic mass is 9.88.